The average Bonchev–Trinajstić information content (AvgIpc) is 2.90. The molecule has 1 aromatic carbocycles. The van der Waals surface area contributed by atoms with E-state index in [2.05, 4.69) is 11.4 Å². The number of anilines is 1. The van der Waals surface area contributed by atoms with Crippen molar-refractivity contribution in [3.8, 4) is 0 Å². The van der Waals surface area contributed by atoms with Crippen molar-refractivity contribution in [2.45, 2.75) is 19.6 Å². The zero-order chi connectivity index (χ0) is 13.5. The van der Waals surface area contributed by atoms with Crippen LogP contribution in [0.3, 0.4) is 0 Å². The Labute approximate surface area is 117 Å². The van der Waals surface area contributed by atoms with Crippen LogP contribution in [0.1, 0.15) is 10.4 Å². The Morgan fingerprint density at radius 3 is 2.95 bits per heavy atom. The maximum atomic E-state index is 9.82. The number of thiophene rings is 1. The zero-order valence-electron chi connectivity index (χ0n) is 11.0. The Morgan fingerprint density at radius 1 is 1.32 bits per heavy atom. The number of aryl methyl sites for hydroxylation is 1. The monoisotopic (exact) mass is 277 g/mol. The molecule has 0 aliphatic rings. The molecule has 0 saturated heterocycles. The predicted octanol–water partition coefficient (Wildman–Crippen LogP) is 3.05. The van der Waals surface area contributed by atoms with Gasteiger partial charge in [-0.1, -0.05) is 18.2 Å². The minimum Gasteiger partial charge on any atom is -0.389 e. The number of nitrogens with one attached hydrogen (secondary N) is 1. The van der Waals surface area contributed by atoms with Gasteiger partial charge in [-0.05, 0) is 36.1 Å². The first-order valence-electron chi connectivity index (χ1n) is 6.33. The average molecular weight is 277 g/mol. The van der Waals surface area contributed by atoms with E-state index in [1.807, 2.05) is 42.6 Å². The molecule has 0 aliphatic carbocycles. The van der Waals surface area contributed by atoms with E-state index in [-0.39, 0.29) is 0 Å². The molecule has 0 radical (unpaired) electrons. The summed E-state index contributed by atoms with van der Waals surface area (Å²) >= 11 is 1.66. The fourth-order valence-corrected chi connectivity index (χ4v) is 2.38. The number of aliphatic hydroxyl groups is 1. The Hall–Kier alpha value is -1.36. The van der Waals surface area contributed by atoms with Gasteiger partial charge in [0.1, 0.15) is 0 Å². The van der Waals surface area contributed by atoms with Crippen LogP contribution in [0.2, 0.25) is 0 Å². The lowest BCUT2D eigenvalue weighted by molar-refractivity contribution is 0.0359. The van der Waals surface area contributed by atoms with Crippen LogP contribution in [0.4, 0.5) is 5.69 Å². The van der Waals surface area contributed by atoms with Crippen molar-refractivity contribution in [1.82, 2.24) is 0 Å². The molecule has 2 rings (SSSR count). The minimum absolute atomic E-state index is 0.344. The fourth-order valence-electron chi connectivity index (χ4n) is 1.74. The molecule has 0 fully saturated rings. The molecule has 0 saturated carbocycles. The molecule has 19 heavy (non-hydrogen) atoms. The van der Waals surface area contributed by atoms with Crippen molar-refractivity contribution in [2.24, 2.45) is 0 Å². The van der Waals surface area contributed by atoms with Gasteiger partial charge in [-0.2, -0.15) is 0 Å². The van der Waals surface area contributed by atoms with E-state index in [0.717, 1.165) is 5.69 Å². The van der Waals surface area contributed by atoms with E-state index >= 15 is 0 Å². The van der Waals surface area contributed by atoms with Crippen LogP contribution in [-0.2, 0) is 11.3 Å². The van der Waals surface area contributed by atoms with Gasteiger partial charge in [-0.3, -0.25) is 0 Å². The highest BCUT2D eigenvalue weighted by atomic mass is 32.1. The van der Waals surface area contributed by atoms with E-state index in [1.54, 1.807) is 11.3 Å². The molecule has 2 N–H and O–H groups in total. The molecule has 4 heteroatoms. The smallest absolute Gasteiger partial charge is 0.0945 e. The van der Waals surface area contributed by atoms with E-state index in [4.69, 9.17) is 4.74 Å². The molecule has 0 spiro atoms. The normalized spacial score (nSPS) is 12.3. The number of ether oxygens (including phenoxy) is 1. The number of aliphatic hydroxyl groups excluding tert-OH is 1. The molecular formula is C15H19NO2S. The summed E-state index contributed by atoms with van der Waals surface area (Å²) < 4.78 is 5.47. The summed E-state index contributed by atoms with van der Waals surface area (Å²) in [5.74, 6) is 0. The van der Waals surface area contributed by atoms with Crippen LogP contribution < -0.4 is 5.32 Å². The van der Waals surface area contributed by atoms with E-state index in [1.165, 1.54) is 10.4 Å². The second-order valence-electron chi connectivity index (χ2n) is 4.50. The highest BCUT2D eigenvalue weighted by Gasteiger charge is 2.04. The quantitative estimate of drug-likeness (QED) is 0.817. The van der Waals surface area contributed by atoms with Gasteiger partial charge in [0.15, 0.2) is 0 Å². The lowest BCUT2D eigenvalue weighted by Crippen LogP contribution is -2.24. The molecule has 0 amide bonds. The first-order valence-corrected chi connectivity index (χ1v) is 7.21. The summed E-state index contributed by atoms with van der Waals surface area (Å²) in [5.41, 5.74) is 2.23. The van der Waals surface area contributed by atoms with E-state index < -0.39 is 6.10 Å². The third-order valence-electron chi connectivity index (χ3n) is 2.69. The maximum Gasteiger partial charge on any atom is 0.0945 e. The third-order valence-corrected chi connectivity index (χ3v) is 3.54. The van der Waals surface area contributed by atoms with Crippen LogP contribution in [0.15, 0.2) is 41.8 Å². The number of benzene rings is 1. The molecule has 102 valence electrons. The van der Waals surface area contributed by atoms with Gasteiger partial charge in [-0.25, -0.2) is 0 Å². The van der Waals surface area contributed by atoms with Gasteiger partial charge in [0.2, 0.25) is 0 Å². The first-order chi connectivity index (χ1) is 9.24. The van der Waals surface area contributed by atoms with Gasteiger partial charge in [-0.15, -0.1) is 11.3 Å². The zero-order valence-corrected chi connectivity index (χ0v) is 11.8. The van der Waals surface area contributed by atoms with Crippen LogP contribution in [-0.4, -0.2) is 24.4 Å². The highest BCUT2D eigenvalue weighted by Crippen LogP contribution is 2.11. The van der Waals surface area contributed by atoms with Crippen molar-refractivity contribution in [2.75, 3.05) is 18.5 Å². The van der Waals surface area contributed by atoms with E-state index in [0.29, 0.717) is 19.8 Å². The Bertz CT molecular complexity index is 485. The summed E-state index contributed by atoms with van der Waals surface area (Å²) in [7, 11) is 0. The predicted molar refractivity (Wildman–Crippen MR) is 79.7 cm³/mol. The first kappa shape index (κ1) is 14.1. The maximum absolute atomic E-state index is 9.82. The summed E-state index contributed by atoms with van der Waals surface area (Å²) in [5, 5.41) is 15.0. The summed E-state index contributed by atoms with van der Waals surface area (Å²) in [4.78, 5) is 1.18. The van der Waals surface area contributed by atoms with E-state index in [9.17, 15) is 5.11 Å². The van der Waals surface area contributed by atoms with Crippen LogP contribution >= 0.6 is 11.3 Å². The Morgan fingerprint density at radius 2 is 2.21 bits per heavy atom. The molecule has 2 aromatic rings. The Balaban J connectivity index is 1.65. The lowest BCUT2D eigenvalue weighted by atomic mass is 10.2. The Kier molecular flexibility index (Phi) is 5.39. The van der Waals surface area contributed by atoms with Gasteiger partial charge >= 0.3 is 0 Å². The van der Waals surface area contributed by atoms with Gasteiger partial charge in [0.05, 0.1) is 19.3 Å². The van der Waals surface area contributed by atoms with Gasteiger partial charge in [0.25, 0.3) is 0 Å². The molecule has 1 unspecified atom stereocenters. The second kappa shape index (κ2) is 7.28. The number of rotatable bonds is 7. The molecule has 1 atom stereocenters. The highest BCUT2D eigenvalue weighted by molar-refractivity contribution is 7.09. The van der Waals surface area contributed by atoms with Crippen molar-refractivity contribution in [1.29, 1.82) is 0 Å². The summed E-state index contributed by atoms with van der Waals surface area (Å²) in [6.07, 6.45) is -0.500. The lowest BCUT2D eigenvalue weighted by Gasteiger charge is -2.13. The van der Waals surface area contributed by atoms with Crippen molar-refractivity contribution < 1.29 is 9.84 Å². The third kappa shape index (κ3) is 5.03. The fraction of sp³-hybridized carbons (Fsp3) is 0.333. The largest absolute Gasteiger partial charge is 0.389 e. The van der Waals surface area contributed by atoms with Gasteiger partial charge in [0, 0.05) is 17.1 Å². The molecular weight excluding hydrogens is 258 g/mol. The summed E-state index contributed by atoms with van der Waals surface area (Å²) in [6.45, 7) is 3.45. The molecule has 0 bridgehead atoms. The molecule has 1 aromatic heterocycles. The number of hydrogen-bond acceptors (Lipinski definition) is 4. The topological polar surface area (TPSA) is 41.5 Å². The van der Waals surface area contributed by atoms with Crippen LogP contribution in [0.5, 0.6) is 0 Å². The van der Waals surface area contributed by atoms with Crippen molar-refractivity contribution in [3.05, 3.63) is 52.2 Å². The molecule has 3 nitrogen and oxygen atoms in total. The summed E-state index contributed by atoms with van der Waals surface area (Å²) in [6, 6.07) is 12.1. The van der Waals surface area contributed by atoms with Crippen molar-refractivity contribution in [3.63, 3.8) is 0 Å². The standard InChI is InChI=1S/C15H19NO2S/c1-12-4-2-5-13(8-12)16-9-14(17)10-18-11-15-6-3-7-19-15/h2-8,14,16-17H,9-11H2,1H3. The van der Waals surface area contributed by atoms with Gasteiger partial charge < -0.3 is 15.2 Å². The molecule has 0 aliphatic heterocycles. The minimum atomic E-state index is -0.500. The molecule has 1 heterocycles. The van der Waals surface area contributed by atoms with Crippen LogP contribution in [0.25, 0.3) is 0 Å². The second-order valence-corrected chi connectivity index (χ2v) is 5.53. The van der Waals surface area contributed by atoms with Crippen LogP contribution in [0, 0.1) is 6.92 Å². The SMILES string of the molecule is Cc1cccc(NCC(O)COCc2cccs2)c1. The van der Waals surface area contributed by atoms with Crippen molar-refractivity contribution >= 4 is 17.0 Å². The number of hydrogen-bond donors (Lipinski definition) is 2.